The molecule has 1 N–H and O–H groups in total. The summed E-state index contributed by atoms with van der Waals surface area (Å²) in [6.45, 7) is 5.22. The summed E-state index contributed by atoms with van der Waals surface area (Å²) in [6.07, 6.45) is 2.48. The summed E-state index contributed by atoms with van der Waals surface area (Å²) in [4.78, 5) is 27.6. The van der Waals surface area contributed by atoms with Crippen molar-refractivity contribution in [2.75, 3.05) is 18.4 Å². The van der Waals surface area contributed by atoms with Gasteiger partial charge in [0.1, 0.15) is 5.01 Å². The van der Waals surface area contributed by atoms with Crippen molar-refractivity contribution in [1.82, 2.24) is 15.1 Å². The van der Waals surface area contributed by atoms with Crippen LogP contribution in [0.25, 0.3) is 0 Å². The number of aryl methyl sites for hydroxylation is 1. The second-order valence-corrected chi connectivity index (χ2v) is 9.27. The van der Waals surface area contributed by atoms with Crippen molar-refractivity contribution >= 4 is 28.3 Å². The van der Waals surface area contributed by atoms with E-state index in [0.717, 1.165) is 29.8 Å². The number of nitrogens with one attached hydrogen (secondary N) is 1. The van der Waals surface area contributed by atoms with Crippen LogP contribution in [0.4, 0.5) is 5.13 Å². The van der Waals surface area contributed by atoms with Crippen LogP contribution < -0.4 is 5.32 Å². The molecule has 2 heterocycles. The maximum absolute atomic E-state index is 12.9. The largest absolute Gasteiger partial charge is 0.338 e. The Morgan fingerprint density at radius 3 is 2.59 bits per heavy atom. The molecule has 1 aliphatic heterocycles. The highest BCUT2D eigenvalue weighted by Crippen LogP contribution is 2.32. The van der Waals surface area contributed by atoms with Gasteiger partial charge in [-0.25, -0.2) is 0 Å². The van der Waals surface area contributed by atoms with Gasteiger partial charge in [0.05, 0.1) is 5.92 Å². The van der Waals surface area contributed by atoms with Gasteiger partial charge in [-0.3, -0.25) is 9.59 Å². The number of aromatic nitrogens is 2. The molecular weight excluding hydrogens is 420 g/mol. The van der Waals surface area contributed by atoms with Crippen molar-refractivity contribution in [1.29, 1.82) is 0 Å². The number of amides is 2. The highest BCUT2D eigenvalue weighted by molar-refractivity contribution is 7.15. The molecule has 166 valence electrons. The molecule has 32 heavy (non-hydrogen) atoms. The quantitative estimate of drug-likeness (QED) is 0.583. The highest BCUT2D eigenvalue weighted by atomic mass is 32.1. The Morgan fingerprint density at radius 2 is 1.88 bits per heavy atom. The molecule has 0 aliphatic carbocycles. The van der Waals surface area contributed by atoms with Crippen molar-refractivity contribution in [2.24, 2.45) is 5.92 Å². The number of carbonyl (C=O) groups excluding carboxylic acids is 2. The molecule has 2 atom stereocenters. The maximum atomic E-state index is 12.9. The Kier molecular flexibility index (Phi) is 6.95. The van der Waals surface area contributed by atoms with Crippen LogP contribution in [0.1, 0.15) is 58.6 Å². The van der Waals surface area contributed by atoms with E-state index in [9.17, 15) is 9.59 Å². The minimum absolute atomic E-state index is 0.0191. The van der Waals surface area contributed by atoms with Crippen LogP contribution in [0, 0.1) is 12.8 Å². The standard InChI is InChI=1S/C25H28N4O2S/c1-3-21(18-8-5-4-6-9-18)23-27-28-25(32-23)26-22(30)20-10-7-15-29(16-20)24(31)19-13-11-17(2)12-14-19/h4-6,8-9,11-14,20-21H,3,7,10,15-16H2,1-2H3,(H,26,28,30). The van der Waals surface area contributed by atoms with E-state index in [-0.39, 0.29) is 23.7 Å². The molecule has 3 aromatic rings. The SMILES string of the molecule is CCC(c1ccccc1)c1nnc(NC(=O)C2CCCN(C(=O)c3ccc(C)cc3)C2)s1. The van der Waals surface area contributed by atoms with Crippen LogP contribution in [-0.4, -0.2) is 40.0 Å². The molecule has 4 rings (SSSR count). The number of anilines is 1. The molecule has 1 fully saturated rings. The summed E-state index contributed by atoms with van der Waals surface area (Å²) in [5, 5.41) is 12.9. The van der Waals surface area contributed by atoms with Crippen LogP contribution in [0.15, 0.2) is 54.6 Å². The molecule has 1 aliphatic rings. The molecule has 0 radical (unpaired) electrons. The average molecular weight is 449 g/mol. The first-order valence-corrected chi connectivity index (χ1v) is 11.9. The number of likely N-dealkylation sites (tertiary alicyclic amines) is 1. The highest BCUT2D eigenvalue weighted by Gasteiger charge is 2.29. The number of nitrogens with zero attached hydrogens (tertiary/aromatic N) is 3. The van der Waals surface area contributed by atoms with Crippen LogP contribution >= 0.6 is 11.3 Å². The fourth-order valence-corrected chi connectivity index (χ4v) is 5.08. The van der Waals surface area contributed by atoms with Gasteiger partial charge in [-0.05, 0) is 43.9 Å². The summed E-state index contributed by atoms with van der Waals surface area (Å²) in [6, 6.07) is 17.8. The average Bonchev–Trinajstić information content (AvgIpc) is 3.28. The van der Waals surface area contributed by atoms with Gasteiger partial charge in [0, 0.05) is 24.6 Å². The Hall–Kier alpha value is -3.06. The van der Waals surface area contributed by atoms with E-state index in [4.69, 9.17) is 0 Å². The zero-order chi connectivity index (χ0) is 22.5. The van der Waals surface area contributed by atoms with Gasteiger partial charge in [0.2, 0.25) is 11.0 Å². The monoisotopic (exact) mass is 448 g/mol. The number of carbonyl (C=O) groups is 2. The van der Waals surface area contributed by atoms with Crippen LogP contribution in [0.3, 0.4) is 0 Å². The summed E-state index contributed by atoms with van der Waals surface area (Å²) in [7, 11) is 0. The van der Waals surface area contributed by atoms with Crippen LogP contribution in [0.5, 0.6) is 0 Å². The topological polar surface area (TPSA) is 75.2 Å². The first-order valence-electron chi connectivity index (χ1n) is 11.1. The van der Waals surface area contributed by atoms with Gasteiger partial charge < -0.3 is 10.2 Å². The third-order valence-electron chi connectivity index (χ3n) is 5.96. The first-order chi connectivity index (χ1) is 15.5. The zero-order valence-corrected chi connectivity index (χ0v) is 19.3. The minimum Gasteiger partial charge on any atom is -0.338 e. The third kappa shape index (κ3) is 5.05. The van der Waals surface area contributed by atoms with Gasteiger partial charge in [0.15, 0.2) is 0 Å². The summed E-state index contributed by atoms with van der Waals surface area (Å²) >= 11 is 1.42. The molecule has 0 bridgehead atoms. The predicted molar refractivity (Wildman–Crippen MR) is 127 cm³/mol. The number of hydrogen-bond donors (Lipinski definition) is 1. The maximum Gasteiger partial charge on any atom is 0.253 e. The zero-order valence-electron chi connectivity index (χ0n) is 18.5. The predicted octanol–water partition coefficient (Wildman–Crippen LogP) is 4.88. The van der Waals surface area contributed by atoms with Crippen molar-refractivity contribution < 1.29 is 9.59 Å². The fraction of sp³-hybridized carbons (Fsp3) is 0.360. The molecule has 0 saturated carbocycles. The fourth-order valence-electron chi connectivity index (χ4n) is 4.13. The molecule has 2 unspecified atom stereocenters. The van der Waals surface area contributed by atoms with E-state index in [1.807, 2.05) is 49.4 Å². The van der Waals surface area contributed by atoms with E-state index in [0.29, 0.717) is 23.8 Å². The second kappa shape index (κ2) is 10.0. The van der Waals surface area contributed by atoms with Gasteiger partial charge in [-0.15, -0.1) is 10.2 Å². The molecule has 1 aromatic heterocycles. The molecule has 6 nitrogen and oxygen atoms in total. The second-order valence-electron chi connectivity index (χ2n) is 8.26. The third-order valence-corrected chi connectivity index (χ3v) is 6.91. The summed E-state index contributed by atoms with van der Waals surface area (Å²) in [5.41, 5.74) is 2.98. The number of benzene rings is 2. The molecule has 2 aromatic carbocycles. The van der Waals surface area contributed by atoms with Gasteiger partial charge in [-0.1, -0.05) is 66.3 Å². The Bertz CT molecular complexity index is 1070. The van der Waals surface area contributed by atoms with Gasteiger partial charge in [0.25, 0.3) is 5.91 Å². The van der Waals surface area contributed by atoms with Crippen LogP contribution in [-0.2, 0) is 4.79 Å². The number of rotatable bonds is 6. The summed E-state index contributed by atoms with van der Waals surface area (Å²) in [5.74, 6) is -0.200. The number of piperidine rings is 1. The van der Waals surface area contributed by atoms with E-state index in [1.165, 1.54) is 16.9 Å². The van der Waals surface area contributed by atoms with Crippen molar-refractivity contribution in [3.05, 3.63) is 76.3 Å². The van der Waals surface area contributed by atoms with E-state index < -0.39 is 0 Å². The van der Waals surface area contributed by atoms with Crippen LogP contribution in [0.2, 0.25) is 0 Å². The molecule has 1 saturated heterocycles. The lowest BCUT2D eigenvalue weighted by Gasteiger charge is -2.32. The van der Waals surface area contributed by atoms with E-state index >= 15 is 0 Å². The van der Waals surface area contributed by atoms with Crippen molar-refractivity contribution in [3.8, 4) is 0 Å². The summed E-state index contributed by atoms with van der Waals surface area (Å²) < 4.78 is 0. The lowest BCUT2D eigenvalue weighted by Crippen LogP contribution is -2.43. The Morgan fingerprint density at radius 1 is 1.12 bits per heavy atom. The molecular formula is C25H28N4O2S. The van der Waals surface area contributed by atoms with Gasteiger partial charge >= 0.3 is 0 Å². The lowest BCUT2D eigenvalue weighted by molar-refractivity contribution is -0.121. The smallest absolute Gasteiger partial charge is 0.253 e. The van der Waals surface area contributed by atoms with E-state index in [2.05, 4.69) is 34.6 Å². The molecule has 2 amide bonds. The van der Waals surface area contributed by atoms with E-state index in [1.54, 1.807) is 4.90 Å². The van der Waals surface area contributed by atoms with Crippen molar-refractivity contribution in [2.45, 2.75) is 39.0 Å². The number of hydrogen-bond acceptors (Lipinski definition) is 5. The first kappa shape index (κ1) is 22.1. The molecule has 0 spiro atoms. The Labute approximate surface area is 192 Å². The molecule has 7 heteroatoms. The Balaban J connectivity index is 1.39. The minimum atomic E-state index is -0.249. The normalized spacial score (nSPS) is 17.1. The van der Waals surface area contributed by atoms with Gasteiger partial charge in [-0.2, -0.15) is 0 Å². The van der Waals surface area contributed by atoms with Crippen molar-refractivity contribution in [3.63, 3.8) is 0 Å². The lowest BCUT2D eigenvalue weighted by atomic mass is 9.96.